The maximum absolute atomic E-state index is 11.7. The molecule has 0 unspecified atom stereocenters. The molecule has 6 heteroatoms. The lowest BCUT2D eigenvalue weighted by Gasteiger charge is -2.21. The van der Waals surface area contributed by atoms with Gasteiger partial charge >= 0.3 is 6.03 Å². The van der Waals surface area contributed by atoms with E-state index < -0.39 is 0 Å². The Morgan fingerprint density at radius 1 is 1.37 bits per heavy atom. The molecule has 2 aliphatic carbocycles. The number of hydrogen-bond acceptors (Lipinski definition) is 3. The minimum atomic E-state index is -0.198. The van der Waals surface area contributed by atoms with Crippen LogP contribution < -0.4 is 10.6 Å². The predicted molar refractivity (Wildman–Crippen MR) is 71.9 cm³/mol. The van der Waals surface area contributed by atoms with Crippen molar-refractivity contribution in [1.82, 2.24) is 20.1 Å². The quantitative estimate of drug-likeness (QED) is 0.879. The van der Waals surface area contributed by atoms with Gasteiger partial charge in [0.05, 0.1) is 6.04 Å². The first-order valence-electron chi connectivity index (χ1n) is 7.21. The van der Waals surface area contributed by atoms with E-state index in [9.17, 15) is 4.79 Å². The van der Waals surface area contributed by atoms with Crippen molar-refractivity contribution in [3.05, 3.63) is 6.33 Å². The molecule has 1 heterocycles. The molecule has 0 saturated heterocycles. The van der Waals surface area contributed by atoms with Crippen LogP contribution in [0.15, 0.2) is 6.33 Å². The van der Waals surface area contributed by atoms with Gasteiger partial charge in [-0.05, 0) is 25.2 Å². The third kappa shape index (κ3) is 3.05. The number of nitrogens with zero attached hydrogens (tertiary/aromatic N) is 3. The summed E-state index contributed by atoms with van der Waals surface area (Å²) in [6, 6.07) is 0.569. The van der Waals surface area contributed by atoms with Gasteiger partial charge in [0.1, 0.15) is 6.33 Å². The van der Waals surface area contributed by atoms with Crippen molar-refractivity contribution in [3.8, 4) is 0 Å². The minimum Gasteiger partial charge on any atom is -0.335 e. The summed E-state index contributed by atoms with van der Waals surface area (Å²) in [5, 5.41) is 9.96. The van der Waals surface area contributed by atoms with Crippen LogP contribution in [0, 0.1) is 5.92 Å². The number of amides is 2. The minimum absolute atomic E-state index is 0.198. The molecule has 3 rings (SSSR count). The molecule has 2 atom stereocenters. The highest BCUT2D eigenvalue weighted by molar-refractivity contribution is 5.87. The van der Waals surface area contributed by atoms with E-state index in [1.807, 2.05) is 4.68 Å². The van der Waals surface area contributed by atoms with E-state index >= 15 is 0 Å². The number of aromatic nitrogens is 3. The van der Waals surface area contributed by atoms with Gasteiger partial charge < -0.3 is 5.32 Å². The maximum atomic E-state index is 11.7. The van der Waals surface area contributed by atoms with E-state index in [4.69, 9.17) is 0 Å². The number of carbonyl (C=O) groups is 1. The smallest absolute Gasteiger partial charge is 0.321 e. The number of rotatable bonds is 3. The number of nitrogens with one attached hydrogen (secondary N) is 2. The fraction of sp³-hybridized carbons (Fsp3) is 0.769. The molecule has 2 aliphatic rings. The second kappa shape index (κ2) is 5.19. The van der Waals surface area contributed by atoms with Gasteiger partial charge in [-0.3, -0.25) is 5.32 Å². The summed E-state index contributed by atoms with van der Waals surface area (Å²) >= 11 is 0. The van der Waals surface area contributed by atoms with E-state index in [1.165, 1.54) is 19.3 Å². The van der Waals surface area contributed by atoms with Gasteiger partial charge in [0.15, 0.2) is 0 Å². The van der Waals surface area contributed by atoms with Crippen LogP contribution in [-0.4, -0.2) is 26.8 Å². The van der Waals surface area contributed by atoms with Crippen LogP contribution in [-0.2, 0) is 0 Å². The number of carbonyl (C=O) groups excluding carboxylic acids is 1. The van der Waals surface area contributed by atoms with Crippen LogP contribution in [0.25, 0.3) is 0 Å². The largest absolute Gasteiger partial charge is 0.335 e. The Bertz CT molecular complexity index is 452. The van der Waals surface area contributed by atoms with Gasteiger partial charge in [0.25, 0.3) is 0 Å². The number of urea groups is 1. The molecule has 19 heavy (non-hydrogen) atoms. The Morgan fingerprint density at radius 2 is 2.11 bits per heavy atom. The average Bonchev–Trinajstić information content (AvgIpc) is 2.91. The summed E-state index contributed by atoms with van der Waals surface area (Å²) in [5.74, 6) is 0.995. The van der Waals surface area contributed by atoms with Gasteiger partial charge in [0.2, 0.25) is 5.95 Å². The summed E-state index contributed by atoms with van der Waals surface area (Å²) in [5.41, 5.74) is 0. The summed E-state index contributed by atoms with van der Waals surface area (Å²) in [6.45, 7) is 2.13. The molecule has 2 fully saturated rings. The molecule has 2 amide bonds. The highest BCUT2D eigenvalue weighted by Crippen LogP contribution is 2.29. The standard InChI is InChI=1S/C13H21N5O/c1-9-7-11(9)15-13(19)16-12-14-8-18(17-12)10-5-3-2-4-6-10/h8-11H,2-7H2,1H3,(H2,15,16,17,19)/t9-,11+/m1/s1. The molecule has 1 aromatic heterocycles. The molecular weight excluding hydrogens is 242 g/mol. The van der Waals surface area contributed by atoms with Crippen molar-refractivity contribution >= 4 is 12.0 Å². The lowest BCUT2D eigenvalue weighted by atomic mass is 9.96. The summed E-state index contributed by atoms with van der Waals surface area (Å²) in [6.07, 6.45) is 8.95. The van der Waals surface area contributed by atoms with Gasteiger partial charge in [-0.15, -0.1) is 5.10 Å². The van der Waals surface area contributed by atoms with E-state index in [-0.39, 0.29) is 6.03 Å². The predicted octanol–water partition coefficient (Wildman–Crippen LogP) is 2.31. The van der Waals surface area contributed by atoms with Crippen molar-refractivity contribution in [2.24, 2.45) is 5.92 Å². The second-order valence-electron chi connectivity index (χ2n) is 5.76. The van der Waals surface area contributed by atoms with E-state index in [0.717, 1.165) is 19.3 Å². The molecule has 0 spiro atoms. The Morgan fingerprint density at radius 3 is 2.79 bits per heavy atom. The van der Waals surface area contributed by atoms with Crippen LogP contribution >= 0.6 is 0 Å². The zero-order chi connectivity index (χ0) is 13.2. The van der Waals surface area contributed by atoms with E-state index in [0.29, 0.717) is 23.9 Å². The first-order valence-corrected chi connectivity index (χ1v) is 7.21. The van der Waals surface area contributed by atoms with Crippen LogP contribution in [0.5, 0.6) is 0 Å². The number of anilines is 1. The van der Waals surface area contributed by atoms with Crippen molar-refractivity contribution in [1.29, 1.82) is 0 Å². The molecule has 2 saturated carbocycles. The molecule has 1 aromatic rings. The van der Waals surface area contributed by atoms with Crippen molar-refractivity contribution < 1.29 is 4.79 Å². The van der Waals surface area contributed by atoms with Crippen LogP contribution in [0.2, 0.25) is 0 Å². The molecule has 0 bridgehead atoms. The first-order chi connectivity index (χ1) is 9.22. The third-order valence-electron chi connectivity index (χ3n) is 4.11. The molecule has 0 aliphatic heterocycles. The summed E-state index contributed by atoms with van der Waals surface area (Å²) in [4.78, 5) is 15.8. The lowest BCUT2D eigenvalue weighted by molar-refractivity contribution is 0.251. The summed E-state index contributed by atoms with van der Waals surface area (Å²) < 4.78 is 1.90. The fourth-order valence-corrected chi connectivity index (χ4v) is 2.68. The van der Waals surface area contributed by atoms with Crippen LogP contribution in [0.3, 0.4) is 0 Å². The zero-order valence-electron chi connectivity index (χ0n) is 11.3. The Kier molecular flexibility index (Phi) is 3.40. The topological polar surface area (TPSA) is 71.8 Å². The summed E-state index contributed by atoms with van der Waals surface area (Å²) in [7, 11) is 0. The molecule has 0 aromatic carbocycles. The van der Waals surface area contributed by atoms with Gasteiger partial charge in [-0.25, -0.2) is 14.5 Å². The molecule has 104 valence electrons. The highest BCUT2D eigenvalue weighted by Gasteiger charge is 2.34. The zero-order valence-corrected chi connectivity index (χ0v) is 11.3. The second-order valence-corrected chi connectivity index (χ2v) is 5.76. The van der Waals surface area contributed by atoms with Crippen molar-refractivity contribution in [2.45, 2.75) is 57.5 Å². The monoisotopic (exact) mass is 263 g/mol. The van der Waals surface area contributed by atoms with Gasteiger partial charge in [-0.2, -0.15) is 0 Å². The van der Waals surface area contributed by atoms with E-state index in [1.54, 1.807) is 6.33 Å². The fourth-order valence-electron chi connectivity index (χ4n) is 2.68. The Hall–Kier alpha value is -1.59. The van der Waals surface area contributed by atoms with Crippen molar-refractivity contribution in [2.75, 3.05) is 5.32 Å². The number of hydrogen-bond donors (Lipinski definition) is 2. The molecule has 0 radical (unpaired) electrons. The lowest BCUT2D eigenvalue weighted by Crippen LogP contribution is -2.31. The van der Waals surface area contributed by atoms with E-state index in [2.05, 4.69) is 27.6 Å². The molecule has 2 N–H and O–H groups in total. The Balaban J connectivity index is 1.53. The normalized spacial score (nSPS) is 27.0. The Labute approximate surface area is 113 Å². The molecule has 6 nitrogen and oxygen atoms in total. The van der Waals surface area contributed by atoms with Crippen LogP contribution in [0.1, 0.15) is 51.5 Å². The average molecular weight is 263 g/mol. The first kappa shape index (κ1) is 12.4. The van der Waals surface area contributed by atoms with Gasteiger partial charge in [-0.1, -0.05) is 26.2 Å². The highest BCUT2D eigenvalue weighted by atomic mass is 16.2. The SMILES string of the molecule is C[C@@H]1C[C@@H]1NC(=O)Nc1ncn(C2CCCCC2)n1. The van der Waals surface area contributed by atoms with Crippen molar-refractivity contribution in [3.63, 3.8) is 0 Å². The maximum Gasteiger partial charge on any atom is 0.321 e. The third-order valence-corrected chi connectivity index (χ3v) is 4.11. The molecular formula is C13H21N5O. The van der Waals surface area contributed by atoms with Crippen LogP contribution in [0.4, 0.5) is 10.7 Å². The van der Waals surface area contributed by atoms with Gasteiger partial charge in [0, 0.05) is 6.04 Å².